The fraction of sp³-hybridized carbons (Fsp3) is 0.489. The Morgan fingerprint density at radius 2 is 1.67 bits per heavy atom. The van der Waals surface area contributed by atoms with E-state index in [-0.39, 0.29) is 55.2 Å². The minimum absolute atomic E-state index is 0.0438. The number of ether oxygens (including phenoxy) is 3. The minimum atomic E-state index is -4.53. The summed E-state index contributed by atoms with van der Waals surface area (Å²) in [7, 11) is 0. The highest BCUT2D eigenvalue weighted by Crippen LogP contribution is 2.55. The Kier molecular flexibility index (Phi) is 10.5. The van der Waals surface area contributed by atoms with Crippen molar-refractivity contribution in [2.24, 2.45) is 0 Å². The Labute approximate surface area is 336 Å². The molecule has 9 rings (SSSR count). The highest BCUT2D eigenvalue weighted by atomic mass is 19.4. The Morgan fingerprint density at radius 1 is 0.914 bits per heavy atom. The van der Waals surface area contributed by atoms with E-state index in [1.807, 2.05) is 60.7 Å². The predicted molar refractivity (Wildman–Crippen MR) is 210 cm³/mol. The first kappa shape index (κ1) is 38.7. The van der Waals surface area contributed by atoms with Crippen LogP contribution in [0, 0.1) is 11.3 Å². The van der Waals surface area contributed by atoms with E-state index in [0.717, 1.165) is 42.5 Å². The molecule has 1 aliphatic carbocycles. The van der Waals surface area contributed by atoms with Crippen molar-refractivity contribution < 1.29 is 31.8 Å². The van der Waals surface area contributed by atoms with Gasteiger partial charge in [0.25, 0.3) is 0 Å². The Morgan fingerprint density at radius 3 is 2.40 bits per heavy atom. The van der Waals surface area contributed by atoms with Crippen molar-refractivity contribution in [3.05, 3.63) is 112 Å². The van der Waals surface area contributed by atoms with E-state index in [0.29, 0.717) is 69.6 Å². The van der Waals surface area contributed by atoms with Crippen molar-refractivity contribution in [3.8, 4) is 12.1 Å². The number of rotatable bonds is 9. The van der Waals surface area contributed by atoms with Gasteiger partial charge in [0.1, 0.15) is 30.3 Å². The summed E-state index contributed by atoms with van der Waals surface area (Å²) in [5.74, 6) is -1.10. The molecule has 3 fully saturated rings. The third kappa shape index (κ3) is 7.39. The maximum absolute atomic E-state index is 14.9. The van der Waals surface area contributed by atoms with Crippen LogP contribution in [0.3, 0.4) is 0 Å². The summed E-state index contributed by atoms with van der Waals surface area (Å²) in [6.07, 6.45) is -2.48. The number of hydrogen-bond donors (Lipinski definition) is 0. The maximum atomic E-state index is 14.9. The van der Waals surface area contributed by atoms with Gasteiger partial charge < -0.3 is 24.0 Å². The van der Waals surface area contributed by atoms with E-state index in [1.165, 1.54) is 0 Å². The molecule has 58 heavy (non-hydrogen) atoms. The van der Waals surface area contributed by atoms with Crippen molar-refractivity contribution in [2.45, 2.75) is 94.0 Å². The van der Waals surface area contributed by atoms with Crippen LogP contribution in [0.15, 0.2) is 72.8 Å². The number of halogens is 4. The fourth-order valence-electron chi connectivity index (χ4n) is 10.2. The van der Waals surface area contributed by atoms with Crippen molar-refractivity contribution in [1.29, 1.82) is 5.26 Å². The van der Waals surface area contributed by atoms with E-state index < -0.39 is 29.4 Å². The second-order valence-corrected chi connectivity index (χ2v) is 16.5. The van der Waals surface area contributed by atoms with Gasteiger partial charge >= 0.3 is 12.2 Å². The Bertz CT molecular complexity index is 2100. The summed E-state index contributed by atoms with van der Waals surface area (Å²) in [6.45, 7) is 4.78. The van der Waals surface area contributed by atoms with Crippen LogP contribution in [0.2, 0.25) is 0 Å². The van der Waals surface area contributed by atoms with Crippen LogP contribution in [-0.4, -0.2) is 78.8 Å². The smallest absolute Gasteiger partial charge is 0.395 e. The molecule has 4 aliphatic heterocycles. The molecular formula is C45H48F4N6O3. The summed E-state index contributed by atoms with van der Waals surface area (Å²) in [4.78, 5) is 16.3. The molecule has 1 spiro atoms. The number of hydrogen-bond acceptors (Lipinski definition) is 9. The Balaban J connectivity index is 1.15. The van der Waals surface area contributed by atoms with Crippen LogP contribution < -0.4 is 14.5 Å². The minimum Gasteiger partial charge on any atom is -0.461 e. The first-order valence-electron chi connectivity index (χ1n) is 20.5. The number of aromatic nitrogens is 2. The molecule has 304 valence electrons. The van der Waals surface area contributed by atoms with Gasteiger partial charge in [-0.2, -0.15) is 28.4 Å². The number of benzene rings is 3. The van der Waals surface area contributed by atoms with Gasteiger partial charge in [0, 0.05) is 63.3 Å². The number of nitriles is 1. The van der Waals surface area contributed by atoms with Crippen LogP contribution in [0.25, 0.3) is 0 Å². The van der Waals surface area contributed by atoms with E-state index >= 15 is 0 Å². The van der Waals surface area contributed by atoms with Gasteiger partial charge in [0.2, 0.25) is 0 Å². The molecule has 5 heterocycles. The lowest BCUT2D eigenvalue weighted by atomic mass is 9.68. The van der Waals surface area contributed by atoms with Gasteiger partial charge in [-0.15, -0.1) is 0 Å². The lowest BCUT2D eigenvalue weighted by Gasteiger charge is -2.46. The maximum Gasteiger partial charge on any atom is 0.395 e. The largest absolute Gasteiger partial charge is 0.461 e. The van der Waals surface area contributed by atoms with Gasteiger partial charge in [-0.1, -0.05) is 66.7 Å². The van der Waals surface area contributed by atoms with Crippen molar-refractivity contribution in [2.75, 3.05) is 55.8 Å². The van der Waals surface area contributed by atoms with Crippen LogP contribution in [0.4, 0.5) is 29.1 Å². The van der Waals surface area contributed by atoms with Gasteiger partial charge in [-0.25, -0.2) is 4.39 Å². The molecule has 4 aromatic rings. The molecule has 9 nitrogen and oxygen atoms in total. The molecule has 13 heteroatoms. The number of anilines is 2. The topological polar surface area (TPSA) is 87.0 Å². The molecule has 3 aromatic carbocycles. The third-order valence-corrected chi connectivity index (χ3v) is 12.9. The lowest BCUT2D eigenvalue weighted by molar-refractivity contribution is -0.165. The summed E-state index contributed by atoms with van der Waals surface area (Å²) in [5, 5.41) is 11.1. The zero-order valence-corrected chi connectivity index (χ0v) is 32.5. The molecule has 0 N–H and O–H groups in total. The first-order valence-corrected chi connectivity index (χ1v) is 20.5. The number of fused-ring (bicyclic) bond motifs is 4. The molecule has 3 saturated heterocycles. The van der Waals surface area contributed by atoms with E-state index in [4.69, 9.17) is 24.2 Å². The predicted octanol–water partition coefficient (Wildman–Crippen LogP) is 8.14. The summed E-state index contributed by atoms with van der Waals surface area (Å²) in [5.41, 5.74) is 2.78. The molecule has 0 unspecified atom stereocenters. The zero-order valence-electron chi connectivity index (χ0n) is 32.5. The average molecular weight is 797 g/mol. The molecule has 0 bridgehead atoms. The van der Waals surface area contributed by atoms with E-state index in [2.05, 4.69) is 20.8 Å². The second-order valence-electron chi connectivity index (χ2n) is 16.5. The third-order valence-electron chi connectivity index (χ3n) is 12.9. The molecule has 5 aliphatic rings. The van der Waals surface area contributed by atoms with E-state index in [1.54, 1.807) is 12.1 Å². The van der Waals surface area contributed by atoms with Crippen LogP contribution in [0.1, 0.15) is 83.5 Å². The molecular weight excluding hydrogens is 749 g/mol. The summed E-state index contributed by atoms with van der Waals surface area (Å²) >= 11 is 0. The standard InChI is InChI=1S/C45H48F4N6O3/c46-33-23-43(16-7-19-55(43)28-33)30-57-42-51-38-24-44(58-29-36(38)41(52-42)53-18-8-21-56-22-20-53)17-15-37(45(47,48)49)34-13-14-39(35(25-50)40(34)44)54(26-31-9-3-1-4-10-31)27-32-11-5-2-6-12-32/h1-6,9-14,33,37H,7-8,15-24,26-30H2/t33-,37-,43+,44-/m1/s1. The zero-order chi connectivity index (χ0) is 39.9. The second kappa shape index (κ2) is 15.8. The van der Waals surface area contributed by atoms with E-state index in [9.17, 15) is 22.8 Å². The summed E-state index contributed by atoms with van der Waals surface area (Å²) < 4.78 is 78.7. The van der Waals surface area contributed by atoms with Gasteiger partial charge in [0.05, 0.1) is 41.6 Å². The molecule has 0 radical (unpaired) electrons. The van der Waals surface area contributed by atoms with Crippen LogP contribution in [-0.2, 0) is 41.2 Å². The highest BCUT2D eigenvalue weighted by molar-refractivity contribution is 5.68. The lowest BCUT2D eigenvalue weighted by Crippen LogP contribution is -2.45. The number of nitrogens with zero attached hydrogens (tertiary/aromatic N) is 6. The average Bonchev–Trinajstić information content (AvgIpc) is 3.61. The molecule has 0 amide bonds. The quantitative estimate of drug-likeness (QED) is 0.156. The van der Waals surface area contributed by atoms with Crippen molar-refractivity contribution >= 4 is 11.5 Å². The Hall–Kier alpha value is -4.77. The van der Waals surface area contributed by atoms with Gasteiger partial charge in [-0.3, -0.25) is 4.90 Å². The number of alkyl halides is 4. The SMILES string of the molecule is N#Cc1c(N(Cc2ccccc2)Cc2ccccc2)ccc2c1[C@@]1(CC[C@H]2C(F)(F)F)Cc2nc(OC[C@@]34CCCN3C[C@H](F)C4)nc(N3CCCOCC3)c2CO1. The fourth-order valence-corrected chi connectivity index (χ4v) is 10.2. The monoisotopic (exact) mass is 796 g/mol. The summed E-state index contributed by atoms with van der Waals surface area (Å²) in [6, 6.07) is 25.5. The molecule has 0 saturated carbocycles. The normalized spacial score (nSPS) is 25.7. The van der Waals surface area contributed by atoms with Crippen molar-refractivity contribution in [3.63, 3.8) is 0 Å². The van der Waals surface area contributed by atoms with Crippen LogP contribution in [0.5, 0.6) is 6.01 Å². The molecule has 1 aromatic heterocycles. The van der Waals surface area contributed by atoms with Gasteiger partial charge in [-0.05, 0) is 61.4 Å². The van der Waals surface area contributed by atoms with Crippen molar-refractivity contribution in [1.82, 2.24) is 14.9 Å². The highest BCUT2D eigenvalue weighted by Gasteiger charge is 2.54. The van der Waals surface area contributed by atoms with Gasteiger partial charge in [0.15, 0.2) is 0 Å². The van der Waals surface area contributed by atoms with Crippen LogP contribution >= 0.6 is 0 Å². The first-order chi connectivity index (χ1) is 28.1. The molecule has 4 atom stereocenters.